The summed E-state index contributed by atoms with van der Waals surface area (Å²) in [5.41, 5.74) is 8.08. The standard InChI is InChI=1S/C29H28N6O4S/c1-16-14-18(39-17-6-3-2-4-7-17)10-11-21(16)35-22-12-13-31-28-24(22)25(34-29(35)38)26(40-28)27(37)33-20-9-5-8-19(20)32-23(36)15-30/h2-4,6-7,10-14,19-20H,5,8-9,15,30H2,1H3,(H,32,36)(H,33,37)(H,34,38)/t19?,20-/m1/s1. The van der Waals surface area contributed by atoms with Crippen molar-refractivity contribution in [3.63, 3.8) is 0 Å². The number of ether oxygens (including phenoxy) is 1. The molecular weight excluding hydrogens is 528 g/mol. The van der Waals surface area contributed by atoms with Gasteiger partial charge in [0.05, 0.1) is 29.0 Å². The Labute approximate surface area is 234 Å². The van der Waals surface area contributed by atoms with Crippen molar-refractivity contribution in [1.29, 1.82) is 0 Å². The molecule has 1 unspecified atom stereocenters. The van der Waals surface area contributed by atoms with E-state index in [1.54, 1.807) is 17.2 Å². The summed E-state index contributed by atoms with van der Waals surface area (Å²) in [6, 6.07) is 16.1. The van der Waals surface area contributed by atoms with E-state index in [0.29, 0.717) is 37.9 Å². The van der Waals surface area contributed by atoms with Crippen LogP contribution in [0.3, 0.4) is 0 Å². The molecule has 1 aliphatic carbocycles. The van der Waals surface area contributed by atoms with Crippen LogP contribution in [0.4, 0.5) is 21.9 Å². The Balaban J connectivity index is 1.30. The van der Waals surface area contributed by atoms with Crippen LogP contribution in [0.25, 0.3) is 10.2 Å². The maximum atomic E-state index is 13.5. The Kier molecular flexibility index (Phi) is 6.82. The Morgan fingerprint density at radius 3 is 2.60 bits per heavy atom. The molecule has 4 aromatic rings. The number of thiophene rings is 1. The first kappa shape index (κ1) is 25.8. The van der Waals surface area contributed by atoms with Gasteiger partial charge in [0.1, 0.15) is 21.2 Å². The highest BCUT2D eigenvalue weighted by atomic mass is 32.1. The molecule has 4 amide bonds. The van der Waals surface area contributed by atoms with Crippen LogP contribution >= 0.6 is 11.3 Å². The third-order valence-electron chi connectivity index (χ3n) is 7.20. The number of aromatic nitrogens is 1. The van der Waals surface area contributed by atoms with E-state index in [9.17, 15) is 14.4 Å². The van der Waals surface area contributed by atoms with Crippen molar-refractivity contribution in [1.82, 2.24) is 15.6 Å². The van der Waals surface area contributed by atoms with Crippen molar-refractivity contribution in [2.45, 2.75) is 38.3 Å². The molecule has 204 valence electrons. The van der Waals surface area contributed by atoms with E-state index in [1.807, 2.05) is 55.5 Å². The molecular formula is C29H28N6O4S. The Bertz CT molecular complexity index is 1620. The largest absolute Gasteiger partial charge is 0.457 e. The topological polar surface area (TPSA) is 139 Å². The van der Waals surface area contributed by atoms with E-state index in [0.717, 1.165) is 30.6 Å². The molecule has 10 nitrogen and oxygen atoms in total. The zero-order valence-electron chi connectivity index (χ0n) is 21.8. The number of urea groups is 1. The lowest BCUT2D eigenvalue weighted by Gasteiger charge is -2.29. The van der Waals surface area contributed by atoms with Crippen LogP contribution in [0.5, 0.6) is 11.5 Å². The van der Waals surface area contributed by atoms with Crippen LogP contribution in [-0.2, 0) is 4.79 Å². The molecule has 0 saturated heterocycles. The molecule has 2 aromatic heterocycles. The van der Waals surface area contributed by atoms with Crippen LogP contribution in [-0.4, -0.2) is 41.5 Å². The van der Waals surface area contributed by atoms with Gasteiger partial charge in [0.25, 0.3) is 5.91 Å². The van der Waals surface area contributed by atoms with E-state index in [-0.39, 0.29) is 36.5 Å². The molecule has 0 bridgehead atoms. The van der Waals surface area contributed by atoms with Gasteiger partial charge in [-0.05, 0) is 68.1 Å². The van der Waals surface area contributed by atoms with Crippen molar-refractivity contribution in [2.24, 2.45) is 5.73 Å². The van der Waals surface area contributed by atoms with Crippen LogP contribution in [0.15, 0.2) is 60.8 Å². The fraction of sp³-hybridized carbons (Fsp3) is 0.241. The predicted octanol–water partition coefficient (Wildman–Crippen LogP) is 4.81. The van der Waals surface area contributed by atoms with E-state index < -0.39 is 0 Å². The van der Waals surface area contributed by atoms with Gasteiger partial charge in [0.15, 0.2) is 0 Å². The lowest BCUT2D eigenvalue weighted by molar-refractivity contribution is -0.120. The number of para-hydroxylation sites is 1. The fourth-order valence-electron chi connectivity index (χ4n) is 5.36. The normalized spacial score (nSPS) is 17.9. The summed E-state index contributed by atoms with van der Waals surface area (Å²) in [5, 5.41) is 9.60. The maximum Gasteiger partial charge on any atom is 0.331 e. The minimum absolute atomic E-state index is 0.100. The number of nitrogens with zero attached hydrogens (tertiary/aromatic N) is 2. The molecule has 0 spiro atoms. The number of nitrogens with two attached hydrogens (primary N) is 1. The molecule has 1 aliphatic heterocycles. The number of rotatable bonds is 7. The molecule has 5 N–H and O–H groups in total. The second-order valence-electron chi connectivity index (χ2n) is 9.83. The molecule has 2 aliphatic rings. The number of benzene rings is 2. The highest BCUT2D eigenvalue weighted by Gasteiger charge is 2.35. The summed E-state index contributed by atoms with van der Waals surface area (Å²) in [6.07, 6.45) is 4.03. The lowest BCUT2D eigenvalue weighted by Crippen LogP contribution is -2.49. The number of hydrogen-bond donors (Lipinski definition) is 4. The van der Waals surface area contributed by atoms with Crippen molar-refractivity contribution >= 4 is 56.5 Å². The van der Waals surface area contributed by atoms with Gasteiger partial charge in [0.2, 0.25) is 5.91 Å². The van der Waals surface area contributed by atoms with E-state index in [4.69, 9.17) is 10.5 Å². The molecule has 6 rings (SSSR count). The summed E-state index contributed by atoms with van der Waals surface area (Å²) in [7, 11) is 0. The minimum Gasteiger partial charge on any atom is -0.457 e. The maximum absolute atomic E-state index is 13.5. The first-order chi connectivity index (χ1) is 19.4. The average Bonchev–Trinajstić information content (AvgIpc) is 3.55. The number of carbonyl (C=O) groups excluding carboxylic acids is 3. The van der Waals surface area contributed by atoms with Gasteiger partial charge in [0, 0.05) is 18.3 Å². The first-order valence-corrected chi connectivity index (χ1v) is 13.9. The summed E-state index contributed by atoms with van der Waals surface area (Å²) >= 11 is 1.23. The van der Waals surface area contributed by atoms with Crippen LogP contribution in [0.1, 0.15) is 34.5 Å². The summed E-state index contributed by atoms with van der Waals surface area (Å²) in [4.78, 5) is 45.9. The summed E-state index contributed by atoms with van der Waals surface area (Å²) in [5.74, 6) is 0.822. The van der Waals surface area contributed by atoms with E-state index in [2.05, 4.69) is 20.9 Å². The fourth-order valence-corrected chi connectivity index (χ4v) is 6.38. The SMILES string of the molecule is Cc1cc(Oc2ccccc2)ccc1N1C(=O)Nc2c(C(=O)N[C@@H]3CCCC3NC(=O)CN)sc3nccc1c23. The van der Waals surface area contributed by atoms with E-state index >= 15 is 0 Å². The van der Waals surface area contributed by atoms with Crippen LogP contribution in [0.2, 0.25) is 0 Å². The molecule has 3 heterocycles. The molecule has 0 radical (unpaired) electrons. The lowest BCUT2D eigenvalue weighted by atomic mass is 10.1. The Hall–Kier alpha value is -4.48. The second-order valence-corrected chi connectivity index (χ2v) is 10.8. The number of aryl methyl sites for hydroxylation is 1. The Morgan fingerprint density at radius 2 is 1.85 bits per heavy atom. The Morgan fingerprint density at radius 1 is 1.07 bits per heavy atom. The highest BCUT2D eigenvalue weighted by molar-refractivity contribution is 7.21. The highest BCUT2D eigenvalue weighted by Crippen LogP contribution is 2.46. The molecule has 11 heteroatoms. The van der Waals surface area contributed by atoms with Crippen LogP contribution in [0, 0.1) is 6.92 Å². The number of nitrogens with one attached hydrogen (secondary N) is 3. The average molecular weight is 557 g/mol. The van der Waals surface area contributed by atoms with Gasteiger partial charge in [-0.25, -0.2) is 9.78 Å². The summed E-state index contributed by atoms with van der Waals surface area (Å²) in [6.45, 7) is 1.82. The summed E-state index contributed by atoms with van der Waals surface area (Å²) < 4.78 is 5.96. The zero-order chi connectivity index (χ0) is 27.8. The number of pyridine rings is 1. The third-order valence-corrected chi connectivity index (χ3v) is 8.30. The number of hydrogen-bond acceptors (Lipinski definition) is 7. The molecule has 1 saturated carbocycles. The second kappa shape index (κ2) is 10.6. The minimum atomic E-state index is -0.374. The predicted molar refractivity (Wildman–Crippen MR) is 155 cm³/mol. The molecule has 1 fully saturated rings. The van der Waals surface area contributed by atoms with E-state index in [1.165, 1.54) is 11.3 Å². The van der Waals surface area contributed by atoms with Gasteiger partial charge in [-0.1, -0.05) is 18.2 Å². The first-order valence-electron chi connectivity index (χ1n) is 13.1. The van der Waals surface area contributed by atoms with Gasteiger partial charge in [-0.2, -0.15) is 0 Å². The van der Waals surface area contributed by atoms with Crippen molar-refractivity contribution in [3.8, 4) is 11.5 Å². The smallest absolute Gasteiger partial charge is 0.331 e. The van der Waals surface area contributed by atoms with Crippen LogP contribution < -0.4 is 31.3 Å². The van der Waals surface area contributed by atoms with Crippen molar-refractivity contribution in [2.75, 3.05) is 16.8 Å². The van der Waals surface area contributed by atoms with Gasteiger partial charge in [-0.3, -0.25) is 14.5 Å². The quantitative estimate of drug-likeness (QED) is 0.258. The van der Waals surface area contributed by atoms with Crippen molar-refractivity contribution in [3.05, 3.63) is 71.2 Å². The molecule has 40 heavy (non-hydrogen) atoms. The van der Waals surface area contributed by atoms with Gasteiger partial charge in [-0.15, -0.1) is 11.3 Å². The molecule has 2 atom stereocenters. The number of carbonyl (C=O) groups is 3. The van der Waals surface area contributed by atoms with Crippen molar-refractivity contribution < 1.29 is 19.1 Å². The third kappa shape index (κ3) is 4.74. The number of anilines is 3. The zero-order valence-corrected chi connectivity index (χ0v) is 22.6. The van der Waals surface area contributed by atoms with Gasteiger partial charge >= 0.3 is 6.03 Å². The van der Waals surface area contributed by atoms with Gasteiger partial charge < -0.3 is 26.4 Å². The molecule has 2 aromatic carbocycles. The monoisotopic (exact) mass is 556 g/mol. The number of amides is 4.